The molecule has 2 aromatic heterocycles. The molecule has 0 aliphatic heterocycles. The maximum atomic E-state index is 12.9. The maximum Gasteiger partial charge on any atom is 0.352 e. The lowest BCUT2D eigenvalue weighted by atomic mass is 10.0. The van der Waals surface area contributed by atoms with Gasteiger partial charge in [0.15, 0.2) is 11.3 Å². The highest BCUT2D eigenvalue weighted by molar-refractivity contribution is 5.99. The molecule has 0 aliphatic carbocycles. The lowest BCUT2D eigenvalue weighted by Crippen LogP contribution is -2.21. The molecule has 0 bridgehead atoms. The number of hydrogen-bond donors (Lipinski definition) is 0. The summed E-state index contributed by atoms with van der Waals surface area (Å²) in [6.45, 7) is 0. The summed E-state index contributed by atoms with van der Waals surface area (Å²) < 4.78 is 11.0. The second-order valence-electron chi connectivity index (χ2n) is 5.35. The number of benzene rings is 2. The third-order valence-corrected chi connectivity index (χ3v) is 3.71. The van der Waals surface area contributed by atoms with Crippen LogP contribution in [0.2, 0.25) is 0 Å². The number of aromatic nitrogens is 3. The molecule has 7 nitrogen and oxygen atoms in total. The van der Waals surface area contributed by atoms with Gasteiger partial charge in [0.05, 0.1) is 11.6 Å². The summed E-state index contributed by atoms with van der Waals surface area (Å²) in [4.78, 5) is 25.6. The van der Waals surface area contributed by atoms with Crippen molar-refractivity contribution in [2.45, 2.75) is 0 Å². The van der Waals surface area contributed by atoms with E-state index in [9.17, 15) is 9.59 Å². The molecular weight excluding hydrogens is 334 g/mol. The van der Waals surface area contributed by atoms with E-state index in [0.717, 1.165) is 0 Å². The van der Waals surface area contributed by atoms with Crippen LogP contribution in [0.3, 0.4) is 0 Å². The van der Waals surface area contributed by atoms with Gasteiger partial charge in [-0.2, -0.15) is 0 Å². The molecule has 0 fully saturated rings. The third-order valence-electron chi connectivity index (χ3n) is 3.71. The van der Waals surface area contributed by atoms with Crippen molar-refractivity contribution in [1.29, 1.82) is 0 Å². The fraction of sp³-hybridized carbons (Fsp3) is 0. The van der Waals surface area contributed by atoms with Gasteiger partial charge in [-0.1, -0.05) is 47.6 Å². The lowest BCUT2D eigenvalue weighted by molar-refractivity contribution is 0.0723. The molecule has 4 aromatic rings. The predicted molar refractivity (Wildman–Crippen MR) is 92.7 cm³/mol. The second-order valence-corrected chi connectivity index (χ2v) is 5.35. The van der Waals surface area contributed by atoms with Gasteiger partial charge in [-0.15, -0.1) is 5.10 Å². The molecule has 7 heteroatoms. The van der Waals surface area contributed by atoms with Crippen LogP contribution in [0.1, 0.15) is 10.4 Å². The molecule has 0 radical (unpaired) electrons. The summed E-state index contributed by atoms with van der Waals surface area (Å²) in [6, 6.07) is 17.0. The van der Waals surface area contributed by atoms with Crippen molar-refractivity contribution in [2.24, 2.45) is 0 Å². The molecule has 0 unspecified atom stereocenters. The molecule has 0 amide bonds. The number of hydrogen-bond acceptors (Lipinski definition) is 7. The smallest absolute Gasteiger partial charge is 0.352 e. The van der Waals surface area contributed by atoms with Crippen LogP contribution in [0.4, 0.5) is 0 Å². The number of para-hydroxylation sites is 1. The zero-order valence-electron chi connectivity index (χ0n) is 13.3. The SMILES string of the molecule is O=C(Oc1ccnnn1)c1c(-c2ccccc2)oc2ccccc2c1=O. The van der Waals surface area contributed by atoms with Crippen LogP contribution in [-0.4, -0.2) is 21.4 Å². The average Bonchev–Trinajstić information content (AvgIpc) is 2.69. The Hall–Kier alpha value is -3.87. The average molecular weight is 345 g/mol. The van der Waals surface area contributed by atoms with Crippen molar-refractivity contribution >= 4 is 16.9 Å². The van der Waals surface area contributed by atoms with Gasteiger partial charge in [0.2, 0.25) is 11.3 Å². The van der Waals surface area contributed by atoms with E-state index in [-0.39, 0.29) is 17.2 Å². The van der Waals surface area contributed by atoms with E-state index < -0.39 is 11.4 Å². The van der Waals surface area contributed by atoms with Crippen LogP contribution in [0.15, 0.2) is 76.1 Å². The molecule has 0 atom stereocenters. The molecule has 126 valence electrons. The Kier molecular flexibility index (Phi) is 3.95. The van der Waals surface area contributed by atoms with Crippen molar-refractivity contribution in [3.8, 4) is 17.2 Å². The minimum atomic E-state index is -0.871. The minimum absolute atomic E-state index is 0.0587. The Balaban J connectivity index is 1.93. The van der Waals surface area contributed by atoms with E-state index in [0.29, 0.717) is 16.5 Å². The Bertz CT molecular complexity index is 1140. The number of fused-ring (bicyclic) bond motifs is 1. The molecule has 26 heavy (non-hydrogen) atoms. The van der Waals surface area contributed by atoms with Crippen molar-refractivity contribution in [3.63, 3.8) is 0 Å². The molecule has 2 heterocycles. The number of rotatable bonds is 3. The first kappa shape index (κ1) is 15.6. The van der Waals surface area contributed by atoms with E-state index in [4.69, 9.17) is 9.15 Å². The first-order valence-corrected chi connectivity index (χ1v) is 7.72. The standard InChI is InChI=1S/C19H11N3O4/c23-17-13-8-4-5-9-14(13)25-18(12-6-2-1-3-7-12)16(17)19(24)26-15-10-11-20-22-21-15/h1-11H. The van der Waals surface area contributed by atoms with Crippen molar-refractivity contribution < 1.29 is 13.9 Å². The first-order valence-electron chi connectivity index (χ1n) is 7.72. The maximum absolute atomic E-state index is 12.9. The zero-order valence-corrected chi connectivity index (χ0v) is 13.3. The molecular formula is C19H11N3O4. The fourth-order valence-corrected chi connectivity index (χ4v) is 2.55. The van der Waals surface area contributed by atoms with Gasteiger partial charge < -0.3 is 9.15 Å². The predicted octanol–water partition coefficient (Wildman–Crippen LogP) is 2.86. The monoisotopic (exact) mass is 345 g/mol. The third kappa shape index (κ3) is 2.82. The van der Waals surface area contributed by atoms with E-state index in [2.05, 4.69) is 15.4 Å². The molecule has 0 saturated heterocycles. The Morgan fingerprint density at radius 1 is 0.962 bits per heavy atom. The number of esters is 1. The van der Waals surface area contributed by atoms with E-state index in [1.54, 1.807) is 48.5 Å². The van der Waals surface area contributed by atoms with Crippen LogP contribution in [0.25, 0.3) is 22.3 Å². The second kappa shape index (κ2) is 6.56. The van der Waals surface area contributed by atoms with Gasteiger partial charge in [-0.25, -0.2) is 4.79 Å². The number of carbonyl (C=O) groups excluding carboxylic acids is 1. The van der Waals surface area contributed by atoms with Crippen LogP contribution < -0.4 is 10.2 Å². The topological polar surface area (TPSA) is 95.2 Å². The lowest BCUT2D eigenvalue weighted by Gasteiger charge is -2.09. The molecule has 0 spiro atoms. The van der Waals surface area contributed by atoms with Gasteiger partial charge in [-0.3, -0.25) is 4.79 Å². The van der Waals surface area contributed by atoms with Crippen LogP contribution >= 0.6 is 0 Å². The van der Waals surface area contributed by atoms with Crippen molar-refractivity contribution in [2.75, 3.05) is 0 Å². The zero-order chi connectivity index (χ0) is 17.9. The molecule has 0 saturated carbocycles. The van der Waals surface area contributed by atoms with Crippen LogP contribution in [0.5, 0.6) is 5.88 Å². The number of ether oxygens (including phenoxy) is 1. The highest BCUT2D eigenvalue weighted by Crippen LogP contribution is 2.26. The Morgan fingerprint density at radius 3 is 2.50 bits per heavy atom. The normalized spacial score (nSPS) is 10.6. The molecule has 4 rings (SSSR count). The molecule has 2 aromatic carbocycles. The van der Waals surface area contributed by atoms with Gasteiger partial charge in [0, 0.05) is 11.6 Å². The summed E-state index contributed by atoms with van der Waals surface area (Å²) in [5.41, 5.74) is 0.297. The quantitative estimate of drug-likeness (QED) is 0.527. The van der Waals surface area contributed by atoms with Crippen molar-refractivity contribution in [3.05, 3.63) is 82.6 Å². The first-order chi connectivity index (χ1) is 12.7. The summed E-state index contributed by atoms with van der Waals surface area (Å²) >= 11 is 0. The minimum Gasteiger partial charge on any atom is -0.455 e. The molecule has 0 aliphatic rings. The van der Waals surface area contributed by atoms with Crippen molar-refractivity contribution in [1.82, 2.24) is 15.4 Å². The van der Waals surface area contributed by atoms with Gasteiger partial charge in [0.1, 0.15) is 5.58 Å². The van der Waals surface area contributed by atoms with Gasteiger partial charge >= 0.3 is 5.97 Å². The number of nitrogens with zero attached hydrogens (tertiary/aromatic N) is 3. The highest BCUT2D eigenvalue weighted by Gasteiger charge is 2.24. The number of carbonyl (C=O) groups is 1. The summed E-state index contributed by atoms with van der Waals surface area (Å²) in [7, 11) is 0. The van der Waals surface area contributed by atoms with E-state index in [1.165, 1.54) is 12.3 Å². The Morgan fingerprint density at radius 2 is 1.73 bits per heavy atom. The largest absolute Gasteiger partial charge is 0.455 e. The highest BCUT2D eigenvalue weighted by atomic mass is 16.5. The summed E-state index contributed by atoms with van der Waals surface area (Å²) in [6.07, 6.45) is 1.33. The Labute approximate surface area is 146 Å². The fourth-order valence-electron chi connectivity index (χ4n) is 2.55. The van der Waals surface area contributed by atoms with Crippen LogP contribution in [0, 0.1) is 0 Å². The summed E-state index contributed by atoms with van der Waals surface area (Å²) in [5, 5.41) is 10.8. The van der Waals surface area contributed by atoms with Gasteiger partial charge in [-0.05, 0) is 17.3 Å². The van der Waals surface area contributed by atoms with E-state index >= 15 is 0 Å². The van der Waals surface area contributed by atoms with E-state index in [1.807, 2.05) is 6.07 Å². The molecule has 0 N–H and O–H groups in total. The summed E-state index contributed by atoms with van der Waals surface area (Å²) in [5.74, 6) is -0.790. The van der Waals surface area contributed by atoms with Crippen LogP contribution in [-0.2, 0) is 0 Å². The van der Waals surface area contributed by atoms with Gasteiger partial charge in [0.25, 0.3) is 0 Å².